The van der Waals surface area contributed by atoms with Gasteiger partial charge in [-0.15, -0.1) is 0 Å². The summed E-state index contributed by atoms with van der Waals surface area (Å²) >= 11 is 0. The lowest BCUT2D eigenvalue weighted by atomic mass is 9.97. The molecule has 44 heavy (non-hydrogen) atoms. The van der Waals surface area contributed by atoms with Crippen LogP contribution in [0.15, 0.2) is 55.2 Å². The number of benzene rings is 2. The number of H-pyrrole nitrogens is 1. The van der Waals surface area contributed by atoms with Gasteiger partial charge in [-0.3, -0.25) is 19.2 Å². The van der Waals surface area contributed by atoms with Gasteiger partial charge < -0.3 is 30.0 Å². The van der Waals surface area contributed by atoms with Crippen molar-refractivity contribution >= 4 is 64.7 Å². The second-order valence-electron chi connectivity index (χ2n) is 10.6. The van der Waals surface area contributed by atoms with Gasteiger partial charge in [-0.1, -0.05) is 0 Å². The number of hydrogen-bond acceptors (Lipinski definition) is 11. The van der Waals surface area contributed by atoms with Crippen molar-refractivity contribution in [2.75, 3.05) is 48.4 Å². The molecule has 14 heteroatoms. The maximum absolute atomic E-state index is 12.3. The number of aromatic nitrogens is 7. The summed E-state index contributed by atoms with van der Waals surface area (Å²) in [5.41, 5.74) is 7.61. The number of anilines is 5. The number of nitrogens with one attached hydrogen (secondary N) is 3. The first-order chi connectivity index (χ1) is 21.7. The summed E-state index contributed by atoms with van der Waals surface area (Å²) in [4.78, 5) is 23.9. The molecule has 2 aromatic carbocycles. The van der Waals surface area contributed by atoms with Crippen molar-refractivity contribution in [3.8, 4) is 16.9 Å². The predicted molar refractivity (Wildman–Crippen MR) is 168 cm³/mol. The van der Waals surface area contributed by atoms with E-state index in [-0.39, 0.29) is 8.46 Å². The second kappa shape index (κ2) is 10.9. The Morgan fingerprint density at radius 3 is 2.75 bits per heavy atom. The molecule has 0 bridgehead atoms. The van der Waals surface area contributed by atoms with Gasteiger partial charge in [-0.2, -0.15) is 15.1 Å². The number of nitrogens with zero attached hydrogens (tertiary/aromatic N) is 7. The summed E-state index contributed by atoms with van der Waals surface area (Å²) in [7, 11) is 1.74. The smallest absolute Gasteiger partial charge is 0.231 e. The molecular weight excluding hydrogens is 579 g/mol. The Labute approximate surface area is 252 Å². The highest BCUT2D eigenvalue weighted by Gasteiger charge is 2.29. The summed E-state index contributed by atoms with van der Waals surface area (Å²) in [5.74, 6) is 1.71. The fraction of sp³-hybridized carbons (Fsp3) is 0.233. The van der Waals surface area contributed by atoms with Crippen LogP contribution < -0.4 is 25.6 Å². The monoisotopic (exact) mass is 606 g/mol. The fourth-order valence-electron chi connectivity index (χ4n) is 5.94. The first-order valence-corrected chi connectivity index (χ1v) is 15.1. The topological polar surface area (TPSA) is 148 Å². The van der Waals surface area contributed by atoms with Gasteiger partial charge in [0.25, 0.3) is 0 Å². The highest BCUT2D eigenvalue weighted by Crippen LogP contribution is 2.47. The maximum atomic E-state index is 12.3. The summed E-state index contributed by atoms with van der Waals surface area (Å²) < 4.78 is 26.0. The number of rotatable bonds is 7. The van der Waals surface area contributed by atoms with Crippen molar-refractivity contribution < 1.29 is 14.0 Å². The normalized spacial score (nSPS) is 14.7. The van der Waals surface area contributed by atoms with Crippen LogP contribution in [0.4, 0.5) is 28.8 Å². The minimum absolute atomic E-state index is 0.182. The molecule has 0 aliphatic carbocycles. The van der Waals surface area contributed by atoms with Gasteiger partial charge in [0.05, 0.1) is 59.3 Å². The van der Waals surface area contributed by atoms with E-state index in [4.69, 9.17) is 19.4 Å². The van der Waals surface area contributed by atoms with E-state index >= 15 is 0 Å². The Bertz CT molecular complexity index is 2050. The molecular formula is C30H27N10O3P. The molecule has 0 amide bonds. The zero-order valence-corrected chi connectivity index (χ0v) is 24.6. The molecule has 1 fully saturated rings. The Kier molecular flexibility index (Phi) is 6.54. The van der Waals surface area contributed by atoms with Gasteiger partial charge in [-0.05, 0) is 24.3 Å². The van der Waals surface area contributed by atoms with Crippen molar-refractivity contribution in [1.82, 2.24) is 34.7 Å². The quantitative estimate of drug-likeness (QED) is 0.221. The molecule has 2 aliphatic rings. The van der Waals surface area contributed by atoms with Crippen molar-refractivity contribution in [1.29, 1.82) is 0 Å². The highest BCUT2D eigenvalue weighted by atomic mass is 31.1. The van der Waals surface area contributed by atoms with Crippen LogP contribution in [0.3, 0.4) is 0 Å². The van der Waals surface area contributed by atoms with Crippen LogP contribution in [0.2, 0.25) is 0 Å². The molecule has 6 aromatic rings. The van der Waals surface area contributed by atoms with Crippen LogP contribution in [-0.4, -0.2) is 67.6 Å². The lowest BCUT2D eigenvalue weighted by molar-refractivity contribution is 0.122. The molecule has 1 saturated heterocycles. The van der Waals surface area contributed by atoms with Crippen molar-refractivity contribution in [2.24, 2.45) is 7.05 Å². The first-order valence-electron chi connectivity index (χ1n) is 14.3. The average Bonchev–Trinajstić information content (AvgIpc) is 3.83. The van der Waals surface area contributed by atoms with E-state index in [9.17, 15) is 4.57 Å². The van der Waals surface area contributed by atoms with Crippen molar-refractivity contribution in [3.05, 3.63) is 60.8 Å². The lowest BCUT2D eigenvalue weighted by Crippen LogP contribution is -2.37. The molecule has 0 spiro atoms. The Balaban J connectivity index is 1.22. The third-order valence-electron chi connectivity index (χ3n) is 7.91. The largest absolute Gasteiger partial charge is 0.491 e. The van der Waals surface area contributed by atoms with Crippen LogP contribution in [-0.2, 0) is 22.8 Å². The molecule has 220 valence electrons. The summed E-state index contributed by atoms with van der Waals surface area (Å²) in [5, 5.41) is 12.6. The minimum atomic E-state index is -0.182. The zero-order chi connectivity index (χ0) is 29.6. The second-order valence-corrected chi connectivity index (χ2v) is 11.2. The first kappa shape index (κ1) is 26.5. The third-order valence-corrected chi connectivity index (χ3v) is 8.55. The Morgan fingerprint density at radius 2 is 1.91 bits per heavy atom. The zero-order valence-electron chi connectivity index (χ0n) is 23.7. The van der Waals surface area contributed by atoms with Crippen LogP contribution in [0, 0.1) is 0 Å². The van der Waals surface area contributed by atoms with Gasteiger partial charge in [-0.25, -0.2) is 0 Å². The molecule has 0 saturated carbocycles. The molecule has 0 unspecified atom stereocenters. The Morgan fingerprint density at radius 1 is 1.02 bits per heavy atom. The summed E-state index contributed by atoms with van der Waals surface area (Å²) in [6.07, 6.45) is 9.70. The SMILES string of the molecule is Cn1cc(-c2cc(Nc3nc(Nc4ccc5nccnc5c4P=O)c4cc[nH]c4n3)c3c(c2N2CCOCC2)CCO3)cn1. The van der Waals surface area contributed by atoms with Gasteiger partial charge in [0.1, 0.15) is 22.7 Å². The fourth-order valence-corrected chi connectivity index (χ4v) is 6.43. The van der Waals surface area contributed by atoms with Crippen LogP contribution >= 0.6 is 8.46 Å². The van der Waals surface area contributed by atoms with Gasteiger partial charge >= 0.3 is 0 Å². The van der Waals surface area contributed by atoms with E-state index in [0.717, 1.165) is 58.7 Å². The van der Waals surface area contributed by atoms with Crippen LogP contribution in [0.1, 0.15) is 5.56 Å². The standard InChI is InChI=1S/C30H27N10O3P/c1-39-16-17(15-34-39)20-14-23(26-18(5-11-43-26)25(20)40-9-12-42-13-10-40)36-30-37-28-19(4-6-33-28)29(38-30)35-22-3-2-21-24(27(22)44-41)32-8-7-31-21/h2-4,6-8,14-16H,5,9-13H2,1H3,(H3,33,35,36,37,38). The van der Waals surface area contributed by atoms with E-state index in [0.29, 0.717) is 59.3 Å². The predicted octanol–water partition coefficient (Wildman–Crippen LogP) is 4.48. The van der Waals surface area contributed by atoms with Gasteiger partial charge in [0, 0.05) is 68.0 Å². The number of aryl methyl sites for hydroxylation is 1. The molecule has 2 aliphatic heterocycles. The van der Waals surface area contributed by atoms with E-state index in [1.165, 1.54) is 0 Å². The summed E-state index contributed by atoms with van der Waals surface area (Å²) in [6.45, 7) is 3.56. The molecule has 3 N–H and O–H groups in total. The number of aromatic amines is 1. The van der Waals surface area contributed by atoms with Gasteiger partial charge in [0.15, 0.2) is 8.46 Å². The minimum Gasteiger partial charge on any atom is -0.491 e. The Hall–Kier alpha value is -5.13. The number of fused-ring (bicyclic) bond motifs is 3. The van der Waals surface area contributed by atoms with Gasteiger partial charge in [0.2, 0.25) is 5.95 Å². The number of morpholine rings is 1. The van der Waals surface area contributed by atoms with Crippen LogP contribution in [0.25, 0.3) is 33.2 Å². The number of ether oxygens (including phenoxy) is 2. The van der Waals surface area contributed by atoms with Crippen molar-refractivity contribution in [2.45, 2.75) is 6.42 Å². The van der Waals surface area contributed by atoms with E-state index in [1.54, 1.807) is 12.4 Å². The molecule has 6 heterocycles. The number of hydrogen-bond donors (Lipinski definition) is 3. The molecule has 0 atom stereocenters. The molecule has 0 radical (unpaired) electrons. The average molecular weight is 607 g/mol. The highest BCUT2D eigenvalue weighted by molar-refractivity contribution is 7.35. The van der Waals surface area contributed by atoms with E-state index in [1.807, 2.05) is 48.5 Å². The lowest BCUT2D eigenvalue weighted by Gasteiger charge is -2.32. The molecule has 13 nitrogen and oxygen atoms in total. The molecule has 8 rings (SSSR count). The van der Waals surface area contributed by atoms with Crippen LogP contribution in [0.5, 0.6) is 5.75 Å². The van der Waals surface area contributed by atoms with E-state index < -0.39 is 0 Å². The van der Waals surface area contributed by atoms with Crippen molar-refractivity contribution in [3.63, 3.8) is 0 Å². The summed E-state index contributed by atoms with van der Waals surface area (Å²) in [6, 6.07) is 7.66. The third kappa shape index (κ3) is 4.57. The molecule has 4 aromatic heterocycles. The van der Waals surface area contributed by atoms with E-state index in [2.05, 4.69) is 41.7 Å². The maximum Gasteiger partial charge on any atom is 0.231 e.